The molecule has 354 valence electrons. The summed E-state index contributed by atoms with van der Waals surface area (Å²) >= 11 is 1.47. The fourth-order valence-electron chi connectivity index (χ4n) is 5.69. The Morgan fingerprint density at radius 2 is 0.903 bits per heavy atom. The number of hydrogen-bond donors (Lipinski definition) is 13. The summed E-state index contributed by atoms with van der Waals surface area (Å²) in [5, 5.41) is 45.2. The Kier molecular flexibility index (Phi) is 28.4. The molecule has 8 atom stereocenters. The molecule has 24 heteroatoms. The van der Waals surface area contributed by atoms with E-state index in [-0.39, 0.29) is 38.3 Å². The van der Waals surface area contributed by atoms with Crippen molar-refractivity contribution in [3.05, 3.63) is 0 Å². The van der Waals surface area contributed by atoms with Crippen LogP contribution in [0.25, 0.3) is 0 Å². The lowest BCUT2D eigenvalue weighted by Gasteiger charge is -2.27. The van der Waals surface area contributed by atoms with Crippen LogP contribution in [-0.4, -0.2) is 148 Å². The van der Waals surface area contributed by atoms with Gasteiger partial charge < -0.3 is 69.7 Å². The van der Waals surface area contributed by atoms with E-state index >= 15 is 0 Å². The van der Waals surface area contributed by atoms with Crippen molar-refractivity contribution < 1.29 is 63.3 Å². The number of carbonyl (C=O) groups is 10. The van der Waals surface area contributed by atoms with Crippen LogP contribution in [-0.2, 0) is 47.9 Å². The maximum absolute atomic E-state index is 13.8. The summed E-state index contributed by atoms with van der Waals surface area (Å²) in [6.07, 6.45) is 1.79. The van der Waals surface area contributed by atoms with Crippen LogP contribution >= 0.6 is 11.8 Å². The van der Waals surface area contributed by atoms with Crippen molar-refractivity contribution in [3.63, 3.8) is 0 Å². The van der Waals surface area contributed by atoms with E-state index in [2.05, 4.69) is 37.2 Å². The molecule has 8 unspecified atom stereocenters. The predicted octanol–water partition coefficient (Wildman–Crippen LogP) is -2.77. The average Bonchev–Trinajstić information content (AvgIpc) is 3.19. The molecule has 0 saturated heterocycles. The van der Waals surface area contributed by atoms with E-state index in [1.807, 2.05) is 6.26 Å². The van der Waals surface area contributed by atoms with Crippen molar-refractivity contribution in [2.45, 2.75) is 147 Å². The Labute approximate surface area is 365 Å². The molecule has 0 spiro atoms. The molecule has 0 aromatic rings. The zero-order chi connectivity index (χ0) is 47.5. The minimum atomic E-state index is -1.70. The van der Waals surface area contributed by atoms with Crippen LogP contribution in [0.1, 0.15) is 98.3 Å². The maximum atomic E-state index is 13.8. The normalized spacial score (nSPS) is 14.9. The highest BCUT2D eigenvalue weighted by molar-refractivity contribution is 7.98. The molecular formula is C38H68N10O13S. The van der Waals surface area contributed by atoms with Crippen molar-refractivity contribution >= 4 is 71.0 Å². The quantitative estimate of drug-likeness (QED) is 0.0296. The number of thioether (sulfide) groups is 1. The molecule has 62 heavy (non-hydrogen) atoms. The molecule has 0 fully saturated rings. The molecule has 23 nitrogen and oxygen atoms in total. The monoisotopic (exact) mass is 904 g/mol. The third-order valence-corrected chi connectivity index (χ3v) is 9.89. The van der Waals surface area contributed by atoms with E-state index in [0.29, 0.717) is 37.9 Å². The molecule has 16 N–H and O–H groups in total. The lowest BCUT2D eigenvalue weighted by atomic mass is 10.0. The predicted molar refractivity (Wildman–Crippen MR) is 228 cm³/mol. The van der Waals surface area contributed by atoms with Gasteiger partial charge in [0.1, 0.15) is 42.3 Å². The fraction of sp³-hybridized carbons (Fsp3) is 0.737. The second kappa shape index (κ2) is 30.9. The molecule has 0 aliphatic heterocycles. The molecule has 0 radical (unpaired) electrons. The van der Waals surface area contributed by atoms with E-state index in [0.717, 1.165) is 0 Å². The van der Waals surface area contributed by atoms with Crippen LogP contribution in [0, 0.1) is 5.92 Å². The highest BCUT2D eigenvalue weighted by Gasteiger charge is 2.34. The zero-order valence-corrected chi connectivity index (χ0v) is 37.0. The van der Waals surface area contributed by atoms with Gasteiger partial charge in [-0.2, -0.15) is 11.8 Å². The largest absolute Gasteiger partial charge is 0.481 e. The summed E-state index contributed by atoms with van der Waals surface area (Å²) < 4.78 is 0. The number of carboxylic acid groups (broad SMARTS) is 3. The summed E-state index contributed by atoms with van der Waals surface area (Å²) in [5.74, 6) is -9.84. The lowest BCUT2D eigenvalue weighted by molar-refractivity contribution is -0.143. The van der Waals surface area contributed by atoms with Gasteiger partial charge in [0.15, 0.2) is 0 Å². The lowest BCUT2D eigenvalue weighted by Crippen LogP contribution is -2.59. The smallest absolute Gasteiger partial charge is 0.326 e. The molecule has 0 saturated carbocycles. The van der Waals surface area contributed by atoms with Gasteiger partial charge in [0.25, 0.3) is 0 Å². The molecule has 0 aromatic carbocycles. The topological polar surface area (TPSA) is 394 Å². The first-order valence-corrected chi connectivity index (χ1v) is 21.9. The van der Waals surface area contributed by atoms with E-state index in [1.165, 1.54) is 25.6 Å². The minimum absolute atomic E-state index is 0.00485. The second-order valence-corrected chi connectivity index (χ2v) is 16.2. The van der Waals surface area contributed by atoms with Gasteiger partial charge in [-0.25, -0.2) is 4.79 Å². The summed E-state index contributed by atoms with van der Waals surface area (Å²) in [6.45, 7) is 6.51. The maximum Gasteiger partial charge on any atom is 0.326 e. The van der Waals surface area contributed by atoms with Crippen LogP contribution in [0.5, 0.6) is 0 Å². The van der Waals surface area contributed by atoms with Crippen molar-refractivity contribution in [1.82, 2.24) is 37.2 Å². The molecule has 0 aliphatic rings. The number of unbranched alkanes of at least 4 members (excludes halogenated alkanes) is 2. The van der Waals surface area contributed by atoms with Gasteiger partial charge in [0, 0.05) is 6.42 Å². The molecule has 7 amide bonds. The second-order valence-electron chi connectivity index (χ2n) is 15.2. The molecule has 0 bridgehead atoms. The Balaban J connectivity index is 6.20. The Morgan fingerprint density at radius 1 is 0.500 bits per heavy atom. The summed E-state index contributed by atoms with van der Waals surface area (Å²) in [6, 6.07) is -10.7. The van der Waals surface area contributed by atoms with Gasteiger partial charge in [-0.15, -0.1) is 0 Å². The Hall–Kier alpha value is -5.07. The van der Waals surface area contributed by atoms with E-state index in [9.17, 15) is 63.3 Å². The van der Waals surface area contributed by atoms with Gasteiger partial charge in [-0.1, -0.05) is 13.8 Å². The first-order valence-electron chi connectivity index (χ1n) is 20.5. The van der Waals surface area contributed by atoms with Crippen LogP contribution < -0.4 is 54.4 Å². The summed E-state index contributed by atoms with van der Waals surface area (Å²) in [5.41, 5.74) is 17.1. The fourth-order valence-corrected chi connectivity index (χ4v) is 6.18. The first-order chi connectivity index (χ1) is 29.1. The Morgan fingerprint density at radius 3 is 1.32 bits per heavy atom. The number of nitrogens with two attached hydrogens (primary N) is 3. The van der Waals surface area contributed by atoms with Crippen molar-refractivity contribution in [2.75, 3.05) is 25.1 Å². The van der Waals surface area contributed by atoms with Gasteiger partial charge in [-0.05, 0) is 103 Å². The van der Waals surface area contributed by atoms with Gasteiger partial charge in [0.2, 0.25) is 41.4 Å². The van der Waals surface area contributed by atoms with E-state index in [1.54, 1.807) is 13.8 Å². The summed E-state index contributed by atoms with van der Waals surface area (Å²) in [4.78, 5) is 128. The van der Waals surface area contributed by atoms with Crippen LogP contribution in [0.4, 0.5) is 0 Å². The SMILES string of the molecule is CSCCC(N)C(=O)NC(C)C(=O)NC(CC(=O)O)C(=O)NC(CCCCN)C(=O)NC(CCCCN)C(=O)NC(C)C(=O)NC(CCC(=O)O)C(=O)NC(CC(C)C)C(=O)O. The van der Waals surface area contributed by atoms with Gasteiger partial charge >= 0.3 is 17.9 Å². The molecule has 0 aliphatic carbocycles. The highest BCUT2D eigenvalue weighted by Crippen LogP contribution is 2.10. The molecule has 0 aromatic heterocycles. The molecule has 0 rings (SSSR count). The van der Waals surface area contributed by atoms with Crippen molar-refractivity contribution in [1.29, 1.82) is 0 Å². The highest BCUT2D eigenvalue weighted by atomic mass is 32.2. The Bertz CT molecular complexity index is 1520. The van der Waals surface area contributed by atoms with E-state index < -0.39 is 127 Å². The van der Waals surface area contributed by atoms with Crippen LogP contribution in [0.15, 0.2) is 0 Å². The van der Waals surface area contributed by atoms with Crippen molar-refractivity contribution in [3.8, 4) is 0 Å². The number of carboxylic acids is 3. The van der Waals surface area contributed by atoms with Crippen LogP contribution in [0.3, 0.4) is 0 Å². The zero-order valence-electron chi connectivity index (χ0n) is 36.2. The standard InChI is InChI=1S/C38H68N10O13S/c1-20(2)18-28(38(60)61)48-36(58)26(12-13-29(49)50)44-31(53)22(4)43-34(56)24(10-6-8-15-39)45-35(57)25(11-7-9-16-40)46-37(59)27(19-30(51)52)47-32(54)21(3)42-33(55)23(41)14-17-62-5/h20-28H,6-19,39-41H2,1-5H3,(H,42,55)(H,43,56)(H,44,53)(H,45,57)(H,46,59)(H,47,54)(H,48,58)(H,49,50)(H,51,52)(H,60,61). The number of hydrogen-bond acceptors (Lipinski definition) is 14. The number of carbonyl (C=O) groups excluding carboxylic acids is 7. The van der Waals surface area contributed by atoms with Gasteiger partial charge in [-0.3, -0.25) is 43.2 Å². The van der Waals surface area contributed by atoms with Crippen molar-refractivity contribution in [2.24, 2.45) is 23.1 Å². The number of amides is 7. The minimum Gasteiger partial charge on any atom is -0.481 e. The van der Waals surface area contributed by atoms with E-state index in [4.69, 9.17) is 17.2 Å². The molecular weight excluding hydrogens is 837 g/mol. The number of aliphatic carboxylic acids is 3. The third-order valence-electron chi connectivity index (χ3n) is 9.25. The third kappa shape index (κ3) is 23.8. The van der Waals surface area contributed by atoms with Crippen LogP contribution in [0.2, 0.25) is 0 Å². The average molecular weight is 905 g/mol. The number of rotatable bonds is 33. The summed E-state index contributed by atoms with van der Waals surface area (Å²) in [7, 11) is 0. The number of nitrogens with one attached hydrogen (secondary N) is 7. The first kappa shape index (κ1) is 56.9. The molecule has 0 heterocycles. The van der Waals surface area contributed by atoms with Gasteiger partial charge in [0.05, 0.1) is 12.5 Å².